The summed E-state index contributed by atoms with van der Waals surface area (Å²) in [4.78, 5) is 45.3. The third-order valence-electron chi connectivity index (χ3n) is 8.26. The summed E-state index contributed by atoms with van der Waals surface area (Å²) in [5.41, 5.74) is 0. The highest BCUT2D eigenvalue weighted by Crippen LogP contribution is 2.69. The first-order chi connectivity index (χ1) is 17.2. The number of hydrogen-bond donors (Lipinski definition) is 1. The maximum Gasteiger partial charge on any atom is 0.310 e. The van der Waals surface area contributed by atoms with Crippen molar-refractivity contribution in [1.82, 2.24) is 9.80 Å². The highest BCUT2D eigenvalue weighted by molar-refractivity contribution is 8.02. The molecule has 3 unspecified atom stereocenters. The highest BCUT2D eigenvalue weighted by Gasteiger charge is 2.77. The molecule has 3 rings (SSSR count). The SMILES string of the molecule is C=CCCOC(=O)[C@@H]1[C@@H]2CC(C)C3(S2)C(C(=O)N(CC=C)CCCCC)N([C@@H](CO)C(C)C)C(=O)[C@H]13. The van der Waals surface area contributed by atoms with Crippen LogP contribution < -0.4 is 0 Å². The Kier molecular flexibility index (Phi) is 9.72. The third-order valence-corrected chi connectivity index (χ3v) is 10.3. The van der Waals surface area contributed by atoms with Crippen LogP contribution in [0, 0.1) is 23.7 Å². The van der Waals surface area contributed by atoms with Gasteiger partial charge in [-0.25, -0.2) is 0 Å². The van der Waals surface area contributed by atoms with E-state index in [9.17, 15) is 19.5 Å². The van der Waals surface area contributed by atoms with Crippen molar-refractivity contribution in [3.8, 4) is 0 Å². The molecule has 2 bridgehead atoms. The van der Waals surface area contributed by atoms with Crippen molar-refractivity contribution in [3.05, 3.63) is 25.3 Å². The number of ether oxygens (including phenoxy) is 1. The zero-order valence-electron chi connectivity index (χ0n) is 22.4. The Balaban J connectivity index is 2.06. The van der Waals surface area contributed by atoms with Crippen LogP contribution >= 0.6 is 11.8 Å². The summed E-state index contributed by atoms with van der Waals surface area (Å²) >= 11 is 1.64. The summed E-state index contributed by atoms with van der Waals surface area (Å²) in [7, 11) is 0. The largest absolute Gasteiger partial charge is 0.465 e. The van der Waals surface area contributed by atoms with E-state index in [-0.39, 0.29) is 48.1 Å². The van der Waals surface area contributed by atoms with Gasteiger partial charge in [0.2, 0.25) is 11.8 Å². The number of aliphatic hydroxyl groups excluding tert-OH is 1. The van der Waals surface area contributed by atoms with E-state index in [2.05, 4.69) is 27.0 Å². The first kappa shape index (κ1) is 28.8. The molecule has 3 fully saturated rings. The third kappa shape index (κ3) is 4.87. The Morgan fingerprint density at radius 1 is 1.31 bits per heavy atom. The van der Waals surface area contributed by atoms with Crippen LogP contribution in [0.4, 0.5) is 0 Å². The molecule has 3 saturated heterocycles. The highest BCUT2D eigenvalue weighted by atomic mass is 32.2. The molecule has 0 aromatic heterocycles. The van der Waals surface area contributed by atoms with Gasteiger partial charge in [0, 0.05) is 18.3 Å². The van der Waals surface area contributed by atoms with Crippen LogP contribution in [0.3, 0.4) is 0 Å². The lowest BCUT2D eigenvalue weighted by molar-refractivity contribution is -0.155. The number of thioether (sulfide) groups is 1. The van der Waals surface area contributed by atoms with E-state index in [1.165, 1.54) is 0 Å². The van der Waals surface area contributed by atoms with Gasteiger partial charge in [-0.3, -0.25) is 14.4 Å². The number of aliphatic hydroxyl groups is 1. The molecule has 2 amide bonds. The molecule has 1 spiro atoms. The number of likely N-dealkylation sites (tertiary alicyclic amines) is 1. The number of carbonyl (C=O) groups is 3. The van der Waals surface area contributed by atoms with Gasteiger partial charge < -0.3 is 19.6 Å². The minimum Gasteiger partial charge on any atom is -0.465 e. The normalized spacial score (nSPS) is 31.4. The Labute approximate surface area is 220 Å². The van der Waals surface area contributed by atoms with Crippen molar-refractivity contribution in [2.75, 3.05) is 26.3 Å². The van der Waals surface area contributed by atoms with Crippen LogP contribution in [0.2, 0.25) is 0 Å². The molecule has 7 nitrogen and oxygen atoms in total. The maximum atomic E-state index is 14.3. The minimum atomic E-state index is -0.730. The van der Waals surface area contributed by atoms with E-state index in [4.69, 9.17) is 4.74 Å². The number of unbranched alkanes of at least 4 members (excludes halogenated alkanes) is 2. The van der Waals surface area contributed by atoms with E-state index in [1.807, 2.05) is 18.7 Å². The smallest absolute Gasteiger partial charge is 0.310 e. The van der Waals surface area contributed by atoms with E-state index >= 15 is 0 Å². The maximum absolute atomic E-state index is 14.3. The lowest BCUT2D eigenvalue weighted by atomic mass is 9.66. The number of nitrogens with zero attached hydrogens (tertiary/aromatic N) is 2. The van der Waals surface area contributed by atoms with Crippen molar-refractivity contribution in [3.63, 3.8) is 0 Å². The Hall–Kier alpha value is -1.80. The summed E-state index contributed by atoms with van der Waals surface area (Å²) in [6.07, 6.45) is 7.68. The molecule has 7 atom stereocenters. The molecular formula is C28H44N2O5S. The standard InChI is InChI=1S/C28H44N2O5S/c1-7-10-12-14-29(13-9-3)26(33)24-28-19(6)16-21(36-28)22(27(34)35-15-11-8-2)23(28)25(32)30(24)20(17-31)18(4)5/h8-9,18-24,31H,2-3,7,10-17H2,1,4-6H3/t19?,20-,21-,22+,23-,24?,28?/m0/s1. The summed E-state index contributed by atoms with van der Waals surface area (Å²) < 4.78 is 4.86. The number of amides is 2. The molecule has 0 radical (unpaired) electrons. The van der Waals surface area contributed by atoms with Crippen molar-refractivity contribution < 1.29 is 24.2 Å². The van der Waals surface area contributed by atoms with Crippen LogP contribution in [-0.4, -0.2) is 81.1 Å². The van der Waals surface area contributed by atoms with Gasteiger partial charge >= 0.3 is 5.97 Å². The molecule has 8 heteroatoms. The molecule has 0 saturated carbocycles. The van der Waals surface area contributed by atoms with Crippen molar-refractivity contribution in [2.45, 2.75) is 81.9 Å². The predicted molar refractivity (Wildman–Crippen MR) is 143 cm³/mol. The van der Waals surface area contributed by atoms with Crippen molar-refractivity contribution >= 4 is 29.5 Å². The molecule has 202 valence electrons. The van der Waals surface area contributed by atoms with Gasteiger partial charge in [0.15, 0.2) is 0 Å². The van der Waals surface area contributed by atoms with E-state index in [1.54, 1.807) is 28.8 Å². The Morgan fingerprint density at radius 3 is 2.61 bits per heavy atom. The average Bonchev–Trinajstić information content (AvgIpc) is 3.43. The molecule has 3 aliphatic rings. The molecule has 0 aliphatic carbocycles. The van der Waals surface area contributed by atoms with Gasteiger partial charge in [0.1, 0.15) is 6.04 Å². The molecule has 0 aromatic carbocycles. The quantitative estimate of drug-likeness (QED) is 0.214. The van der Waals surface area contributed by atoms with E-state index < -0.39 is 28.7 Å². The summed E-state index contributed by atoms with van der Waals surface area (Å²) in [6.45, 7) is 16.7. The van der Waals surface area contributed by atoms with Gasteiger partial charge in [0.05, 0.1) is 35.8 Å². The Morgan fingerprint density at radius 2 is 2.03 bits per heavy atom. The number of fused-ring (bicyclic) bond motifs is 1. The summed E-state index contributed by atoms with van der Waals surface area (Å²) in [6, 6.07) is -1.23. The first-order valence-electron chi connectivity index (χ1n) is 13.5. The second-order valence-corrected chi connectivity index (χ2v) is 12.4. The van der Waals surface area contributed by atoms with E-state index in [0.29, 0.717) is 19.5 Å². The van der Waals surface area contributed by atoms with Crippen LogP contribution in [0.25, 0.3) is 0 Å². The molecule has 0 aromatic rings. The molecule has 1 N–H and O–H groups in total. The second kappa shape index (κ2) is 12.2. The van der Waals surface area contributed by atoms with Crippen LogP contribution in [-0.2, 0) is 19.1 Å². The predicted octanol–water partition coefficient (Wildman–Crippen LogP) is 3.66. The fourth-order valence-corrected chi connectivity index (χ4v) is 8.89. The van der Waals surface area contributed by atoms with Crippen LogP contribution in [0.5, 0.6) is 0 Å². The number of esters is 1. The topological polar surface area (TPSA) is 87.2 Å². The fraction of sp³-hybridized carbons (Fsp3) is 0.750. The molecule has 3 heterocycles. The number of rotatable bonds is 14. The molecule has 3 aliphatic heterocycles. The lowest BCUT2D eigenvalue weighted by Gasteiger charge is -2.42. The Bertz CT molecular complexity index is 848. The fourth-order valence-electron chi connectivity index (χ4n) is 6.50. The van der Waals surface area contributed by atoms with E-state index in [0.717, 1.165) is 25.7 Å². The molecular weight excluding hydrogens is 476 g/mol. The summed E-state index contributed by atoms with van der Waals surface area (Å²) in [5, 5.41) is 10.3. The monoisotopic (exact) mass is 520 g/mol. The van der Waals surface area contributed by atoms with Gasteiger partial charge in [0.25, 0.3) is 0 Å². The first-order valence-corrected chi connectivity index (χ1v) is 14.4. The van der Waals surface area contributed by atoms with Gasteiger partial charge in [-0.2, -0.15) is 0 Å². The number of carbonyl (C=O) groups excluding carboxylic acids is 3. The molecule has 36 heavy (non-hydrogen) atoms. The van der Waals surface area contributed by atoms with Crippen molar-refractivity contribution in [2.24, 2.45) is 23.7 Å². The van der Waals surface area contributed by atoms with Gasteiger partial charge in [-0.15, -0.1) is 24.9 Å². The summed E-state index contributed by atoms with van der Waals surface area (Å²) in [5.74, 6) is -1.83. The van der Waals surface area contributed by atoms with Gasteiger partial charge in [-0.05, 0) is 31.1 Å². The second-order valence-electron chi connectivity index (χ2n) is 10.8. The number of hydrogen-bond acceptors (Lipinski definition) is 6. The van der Waals surface area contributed by atoms with Crippen LogP contribution in [0.1, 0.15) is 59.8 Å². The lowest BCUT2D eigenvalue weighted by Crippen LogP contribution is -2.60. The van der Waals surface area contributed by atoms with Gasteiger partial charge in [-0.1, -0.05) is 52.7 Å². The average molecular weight is 521 g/mol. The zero-order chi connectivity index (χ0) is 26.6. The minimum absolute atomic E-state index is 0.0482. The van der Waals surface area contributed by atoms with Crippen LogP contribution in [0.15, 0.2) is 25.3 Å². The van der Waals surface area contributed by atoms with Crippen molar-refractivity contribution in [1.29, 1.82) is 0 Å². The zero-order valence-corrected chi connectivity index (χ0v) is 23.2.